The summed E-state index contributed by atoms with van der Waals surface area (Å²) in [6.07, 6.45) is 0. The lowest BCUT2D eigenvalue weighted by molar-refractivity contribution is -0.132. The van der Waals surface area contributed by atoms with Crippen LogP contribution in [0, 0.1) is 6.92 Å². The number of hydrogen-bond donors (Lipinski definition) is 2. The number of aliphatic hydroxyl groups excluding tert-OH is 1. The van der Waals surface area contributed by atoms with Gasteiger partial charge in [-0.25, -0.2) is 13.6 Å². The van der Waals surface area contributed by atoms with Gasteiger partial charge in [0.15, 0.2) is 0 Å². The van der Waals surface area contributed by atoms with E-state index in [2.05, 4.69) is 0 Å². The van der Waals surface area contributed by atoms with Crippen molar-refractivity contribution in [1.29, 1.82) is 0 Å². The van der Waals surface area contributed by atoms with Crippen molar-refractivity contribution in [2.75, 3.05) is 4.90 Å². The van der Waals surface area contributed by atoms with Crippen molar-refractivity contribution >= 4 is 44.8 Å². The lowest BCUT2D eigenvalue weighted by atomic mass is 9.95. The Hall–Kier alpha value is -3.46. The second-order valence-corrected chi connectivity index (χ2v) is 9.63. The van der Waals surface area contributed by atoms with Gasteiger partial charge in [0.25, 0.3) is 11.7 Å². The van der Waals surface area contributed by atoms with Crippen LogP contribution in [0.4, 0.5) is 5.69 Å². The first-order chi connectivity index (χ1) is 15.6. The van der Waals surface area contributed by atoms with E-state index in [9.17, 15) is 23.1 Å². The number of primary sulfonamides is 1. The minimum absolute atomic E-state index is 0.0957. The largest absolute Gasteiger partial charge is 0.507 e. The molecule has 0 bridgehead atoms. The number of nitrogens with zero attached hydrogens (tertiary/aromatic N) is 1. The van der Waals surface area contributed by atoms with E-state index in [1.165, 1.54) is 29.2 Å². The molecule has 3 aromatic rings. The predicted octanol–water partition coefficient (Wildman–Crippen LogP) is 3.92. The molecule has 1 atom stereocenters. The molecule has 33 heavy (non-hydrogen) atoms. The molecule has 3 aromatic carbocycles. The van der Waals surface area contributed by atoms with Crippen LogP contribution < -0.4 is 10.0 Å². The molecule has 0 saturated carbocycles. The van der Waals surface area contributed by atoms with E-state index in [4.69, 9.17) is 16.7 Å². The molecule has 4 rings (SSSR count). The number of hydrogen-bond acceptors (Lipinski definition) is 5. The van der Waals surface area contributed by atoms with E-state index in [0.29, 0.717) is 16.1 Å². The summed E-state index contributed by atoms with van der Waals surface area (Å²) in [5.41, 5.74) is 2.02. The van der Waals surface area contributed by atoms with Gasteiger partial charge in [0.1, 0.15) is 5.76 Å². The number of Topliss-reactive ketones (excluding diaryl/α,β-unsaturated/α-hetero) is 1. The van der Waals surface area contributed by atoms with Gasteiger partial charge in [-0.15, -0.1) is 0 Å². The average Bonchev–Trinajstić information content (AvgIpc) is 3.04. The van der Waals surface area contributed by atoms with Crippen molar-refractivity contribution in [3.05, 3.63) is 100 Å². The van der Waals surface area contributed by atoms with Gasteiger partial charge in [0, 0.05) is 16.3 Å². The predicted molar refractivity (Wildman–Crippen MR) is 125 cm³/mol. The van der Waals surface area contributed by atoms with Crippen molar-refractivity contribution in [3.8, 4) is 0 Å². The standard InChI is InChI=1S/C24H19ClN2O5S/c1-14-5-7-15(8-6-14)22(28)20-21(16-3-2-4-17(25)13-16)27(24(30)23(20)29)18-9-11-19(12-10-18)33(26,31)32/h2-13,21,28H,1H3,(H2,26,31,32)/t21-/m0/s1. The lowest BCUT2D eigenvalue weighted by Crippen LogP contribution is -2.29. The number of ketones is 1. The zero-order valence-corrected chi connectivity index (χ0v) is 19.0. The first kappa shape index (κ1) is 22.7. The van der Waals surface area contributed by atoms with Crippen LogP contribution in [0.3, 0.4) is 0 Å². The second-order valence-electron chi connectivity index (χ2n) is 7.63. The van der Waals surface area contributed by atoms with Crippen LogP contribution in [0.25, 0.3) is 5.76 Å². The third kappa shape index (κ3) is 4.28. The summed E-state index contributed by atoms with van der Waals surface area (Å²) in [6.45, 7) is 1.89. The third-order valence-corrected chi connectivity index (χ3v) is 6.54. The summed E-state index contributed by atoms with van der Waals surface area (Å²) in [5, 5.41) is 16.6. The zero-order chi connectivity index (χ0) is 23.9. The Morgan fingerprint density at radius 3 is 2.21 bits per heavy atom. The summed E-state index contributed by atoms with van der Waals surface area (Å²) in [7, 11) is -3.94. The number of aliphatic hydroxyl groups is 1. The molecule has 1 heterocycles. The number of rotatable bonds is 4. The highest BCUT2D eigenvalue weighted by Crippen LogP contribution is 2.42. The van der Waals surface area contributed by atoms with E-state index in [-0.39, 0.29) is 21.9 Å². The lowest BCUT2D eigenvalue weighted by Gasteiger charge is -2.25. The number of amides is 1. The van der Waals surface area contributed by atoms with Crippen molar-refractivity contribution in [1.82, 2.24) is 0 Å². The van der Waals surface area contributed by atoms with Gasteiger partial charge in [-0.2, -0.15) is 0 Å². The normalized spacial score (nSPS) is 18.0. The van der Waals surface area contributed by atoms with E-state index >= 15 is 0 Å². The Bertz CT molecular complexity index is 1400. The third-order valence-electron chi connectivity index (χ3n) is 5.38. The Labute approximate surface area is 195 Å². The smallest absolute Gasteiger partial charge is 0.300 e. The first-order valence-electron chi connectivity index (χ1n) is 9.84. The van der Waals surface area contributed by atoms with Crippen LogP contribution in [0.5, 0.6) is 0 Å². The van der Waals surface area contributed by atoms with E-state index in [1.807, 2.05) is 6.92 Å². The second kappa shape index (κ2) is 8.47. The maximum absolute atomic E-state index is 13.1. The van der Waals surface area contributed by atoms with Crippen molar-refractivity contribution in [2.45, 2.75) is 17.9 Å². The van der Waals surface area contributed by atoms with Crippen LogP contribution in [0.15, 0.2) is 83.3 Å². The molecular weight excluding hydrogens is 464 g/mol. The fourth-order valence-corrected chi connectivity index (χ4v) is 4.47. The number of benzene rings is 3. The van der Waals surface area contributed by atoms with Crippen molar-refractivity contribution in [2.24, 2.45) is 5.14 Å². The SMILES string of the molecule is Cc1ccc(C(O)=C2C(=O)C(=O)N(c3ccc(S(N)(=O)=O)cc3)[C@H]2c2cccc(Cl)c2)cc1. The fourth-order valence-electron chi connectivity index (χ4n) is 3.75. The van der Waals surface area contributed by atoms with Crippen LogP contribution >= 0.6 is 11.6 Å². The Morgan fingerprint density at radius 2 is 1.64 bits per heavy atom. The number of carbonyl (C=O) groups is 2. The molecule has 0 aromatic heterocycles. The monoisotopic (exact) mass is 482 g/mol. The van der Waals surface area contributed by atoms with Gasteiger partial charge in [0.2, 0.25) is 10.0 Å². The van der Waals surface area contributed by atoms with Crippen molar-refractivity contribution < 1.29 is 23.1 Å². The van der Waals surface area contributed by atoms with Gasteiger partial charge < -0.3 is 5.11 Å². The van der Waals surface area contributed by atoms with Crippen LogP contribution in [0.1, 0.15) is 22.7 Å². The molecule has 0 radical (unpaired) electrons. The number of nitrogens with two attached hydrogens (primary N) is 1. The molecular formula is C24H19ClN2O5S. The Balaban J connectivity index is 1.92. The molecule has 1 saturated heterocycles. The maximum Gasteiger partial charge on any atom is 0.300 e. The average molecular weight is 483 g/mol. The molecule has 1 aliphatic rings. The number of aryl methyl sites for hydroxylation is 1. The Kier molecular flexibility index (Phi) is 5.84. The molecule has 9 heteroatoms. The number of sulfonamides is 1. The highest BCUT2D eigenvalue weighted by Gasteiger charge is 2.47. The minimum atomic E-state index is -3.94. The zero-order valence-electron chi connectivity index (χ0n) is 17.4. The molecule has 7 nitrogen and oxygen atoms in total. The quantitative estimate of drug-likeness (QED) is 0.332. The van der Waals surface area contributed by atoms with Crippen LogP contribution in [0.2, 0.25) is 5.02 Å². The van der Waals surface area contributed by atoms with E-state index < -0.39 is 27.8 Å². The number of anilines is 1. The highest BCUT2D eigenvalue weighted by atomic mass is 35.5. The molecule has 1 aliphatic heterocycles. The summed E-state index contributed by atoms with van der Waals surface area (Å²) >= 11 is 6.17. The van der Waals surface area contributed by atoms with Gasteiger partial charge in [-0.3, -0.25) is 14.5 Å². The van der Waals surface area contributed by atoms with Crippen molar-refractivity contribution in [3.63, 3.8) is 0 Å². The molecule has 0 spiro atoms. The Morgan fingerprint density at radius 1 is 1.00 bits per heavy atom. The summed E-state index contributed by atoms with van der Waals surface area (Å²) < 4.78 is 23.2. The molecule has 3 N–H and O–H groups in total. The first-order valence-corrected chi connectivity index (χ1v) is 11.8. The van der Waals surface area contributed by atoms with E-state index in [1.54, 1.807) is 48.5 Å². The summed E-state index contributed by atoms with van der Waals surface area (Å²) in [5.74, 6) is -2.05. The van der Waals surface area contributed by atoms with Gasteiger partial charge in [0.05, 0.1) is 16.5 Å². The topological polar surface area (TPSA) is 118 Å². The summed E-state index contributed by atoms with van der Waals surface area (Å²) in [4.78, 5) is 27.3. The van der Waals surface area contributed by atoms with Crippen LogP contribution in [-0.2, 0) is 19.6 Å². The molecule has 1 fully saturated rings. The molecule has 0 aliphatic carbocycles. The van der Waals surface area contributed by atoms with Gasteiger partial charge in [-0.1, -0.05) is 53.6 Å². The van der Waals surface area contributed by atoms with Gasteiger partial charge >= 0.3 is 0 Å². The molecule has 0 unspecified atom stereocenters. The van der Waals surface area contributed by atoms with E-state index in [0.717, 1.165) is 5.56 Å². The fraction of sp³-hybridized carbons (Fsp3) is 0.0833. The number of halogens is 1. The number of carbonyl (C=O) groups excluding carboxylic acids is 2. The maximum atomic E-state index is 13.1. The molecule has 1 amide bonds. The minimum Gasteiger partial charge on any atom is -0.507 e. The van der Waals surface area contributed by atoms with Gasteiger partial charge in [-0.05, 0) is 48.9 Å². The van der Waals surface area contributed by atoms with Crippen LogP contribution in [-0.4, -0.2) is 25.2 Å². The molecule has 168 valence electrons. The summed E-state index contributed by atoms with van der Waals surface area (Å²) in [6, 6.07) is 17.8. The highest BCUT2D eigenvalue weighted by molar-refractivity contribution is 7.89.